The van der Waals surface area contributed by atoms with E-state index >= 15 is 0 Å². The zero-order valence-electron chi connectivity index (χ0n) is 9.31. The van der Waals surface area contributed by atoms with Gasteiger partial charge in [-0.25, -0.2) is 9.18 Å². The summed E-state index contributed by atoms with van der Waals surface area (Å²) in [6.07, 6.45) is -0.655. The van der Waals surface area contributed by atoms with Crippen molar-refractivity contribution in [1.29, 1.82) is 0 Å². The molecule has 1 aromatic rings. The summed E-state index contributed by atoms with van der Waals surface area (Å²) in [4.78, 5) is 11.3. The fourth-order valence-corrected chi connectivity index (χ4v) is 2.13. The molecule has 4 nitrogen and oxygen atoms in total. The van der Waals surface area contributed by atoms with Crippen LogP contribution in [0.25, 0.3) is 0 Å². The Balaban J connectivity index is 2.53. The van der Waals surface area contributed by atoms with Crippen LogP contribution in [0.5, 0.6) is 17.2 Å². The van der Waals surface area contributed by atoms with Gasteiger partial charge in [0.1, 0.15) is 17.2 Å². The highest BCUT2D eigenvalue weighted by Gasteiger charge is 2.39. The molecule has 0 saturated carbocycles. The van der Waals surface area contributed by atoms with Crippen molar-refractivity contribution in [3.63, 3.8) is 0 Å². The van der Waals surface area contributed by atoms with Crippen molar-refractivity contribution in [2.24, 2.45) is 0 Å². The lowest BCUT2D eigenvalue weighted by Crippen LogP contribution is -2.33. The molecule has 1 heterocycles. The number of esters is 1. The molecule has 92 valence electrons. The topological polar surface area (TPSA) is 66.8 Å². The molecule has 2 unspecified atom stereocenters. The minimum atomic E-state index is -1.77. The van der Waals surface area contributed by atoms with E-state index in [-0.39, 0.29) is 22.8 Å². The molecular weight excluding hydrogens is 227 g/mol. The van der Waals surface area contributed by atoms with E-state index in [1.54, 1.807) is 0 Å². The Kier molecular flexibility index (Phi) is 2.92. The molecule has 0 aromatic heterocycles. The maximum atomic E-state index is 13.7. The number of hydrogen-bond donors (Lipinski definition) is 2. The molecule has 0 aliphatic carbocycles. The van der Waals surface area contributed by atoms with Gasteiger partial charge in [0.15, 0.2) is 0 Å². The van der Waals surface area contributed by atoms with Crippen molar-refractivity contribution in [3.05, 3.63) is 17.7 Å². The molecule has 2 N–H and O–H groups in total. The van der Waals surface area contributed by atoms with E-state index in [2.05, 4.69) is 0 Å². The number of benzene rings is 1. The molecule has 1 aromatic carbocycles. The van der Waals surface area contributed by atoms with Gasteiger partial charge in [-0.2, -0.15) is 0 Å². The molecule has 17 heavy (non-hydrogen) atoms. The number of alkyl halides is 1. The first-order valence-corrected chi connectivity index (χ1v) is 5.46. The van der Waals surface area contributed by atoms with Crippen molar-refractivity contribution in [2.75, 3.05) is 0 Å². The summed E-state index contributed by atoms with van der Waals surface area (Å²) in [6, 6.07) is 2.33. The number of rotatable bonds is 2. The van der Waals surface area contributed by atoms with Crippen LogP contribution in [0, 0.1) is 0 Å². The van der Waals surface area contributed by atoms with Gasteiger partial charge >= 0.3 is 5.97 Å². The third-order valence-corrected chi connectivity index (χ3v) is 2.86. The number of ether oxygens (including phenoxy) is 1. The molecule has 1 aliphatic rings. The number of aromatic hydroxyl groups is 2. The molecule has 0 saturated heterocycles. The van der Waals surface area contributed by atoms with Crippen LogP contribution in [-0.2, 0) is 4.79 Å². The van der Waals surface area contributed by atoms with E-state index in [4.69, 9.17) is 4.74 Å². The minimum absolute atomic E-state index is 0.0415. The second-order valence-electron chi connectivity index (χ2n) is 4.09. The van der Waals surface area contributed by atoms with E-state index in [9.17, 15) is 19.4 Å². The van der Waals surface area contributed by atoms with Gasteiger partial charge in [0.25, 0.3) is 0 Å². The van der Waals surface area contributed by atoms with Crippen molar-refractivity contribution in [1.82, 2.24) is 0 Å². The number of hydrogen-bond acceptors (Lipinski definition) is 4. The quantitative estimate of drug-likeness (QED) is 0.614. The van der Waals surface area contributed by atoms with Crippen LogP contribution in [0.2, 0.25) is 0 Å². The summed E-state index contributed by atoms with van der Waals surface area (Å²) in [7, 11) is 0. The van der Waals surface area contributed by atoms with Crippen LogP contribution in [-0.4, -0.2) is 22.4 Å². The zero-order valence-corrected chi connectivity index (χ0v) is 9.31. The fraction of sp³-hybridized carbons (Fsp3) is 0.417. The highest BCUT2D eigenvalue weighted by atomic mass is 19.1. The predicted octanol–water partition coefficient (Wildman–Crippen LogP) is 2.24. The second-order valence-corrected chi connectivity index (χ2v) is 4.09. The first kappa shape index (κ1) is 11.7. The first-order chi connectivity index (χ1) is 8.04. The number of phenols is 2. The highest BCUT2D eigenvalue weighted by Crippen LogP contribution is 2.45. The van der Waals surface area contributed by atoms with Crippen molar-refractivity contribution in [2.45, 2.75) is 31.9 Å². The van der Waals surface area contributed by atoms with Crippen molar-refractivity contribution < 1.29 is 24.1 Å². The smallest absolute Gasteiger partial charge is 0.346 e. The maximum absolute atomic E-state index is 13.7. The monoisotopic (exact) mass is 240 g/mol. The average Bonchev–Trinajstić information content (AvgIpc) is 2.24. The second kappa shape index (κ2) is 4.24. The van der Waals surface area contributed by atoms with E-state index in [1.807, 2.05) is 6.92 Å². The average molecular weight is 240 g/mol. The van der Waals surface area contributed by atoms with E-state index in [0.29, 0.717) is 12.8 Å². The Hall–Kier alpha value is -1.78. The molecule has 2 atom stereocenters. The summed E-state index contributed by atoms with van der Waals surface area (Å²) in [5, 5.41) is 19.0. The van der Waals surface area contributed by atoms with Crippen LogP contribution < -0.4 is 4.74 Å². The molecule has 2 rings (SSSR count). The lowest BCUT2D eigenvalue weighted by molar-refractivity contribution is -0.142. The standard InChI is InChI=1S/C12H13FO4/c1-2-3-7-10-8(15)4-6(14)5-9(10)17-12(16)11(7)13/h4-5,7,11,14-15H,2-3H2,1H3. The Bertz CT molecular complexity index is 458. The molecular formula is C12H13FO4. The molecule has 0 fully saturated rings. The minimum Gasteiger partial charge on any atom is -0.508 e. The number of halogens is 1. The van der Waals surface area contributed by atoms with E-state index < -0.39 is 18.1 Å². The van der Waals surface area contributed by atoms with Crippen LogP contribution in [0.1, 0.15) is 31.2 Å². The van der Waals surface area contributed by atoms with Crippen molar-refractivity contribution in [3.8, 4) is 17.2 Å². The number of carbonyl (C=O) groups excluding carboxylic acids is 1. The number of fused-ring (bicyclic) bond motifs is 1. The van der Waals surface area contributed by atoms with E-state index in [1.165, 1.54) is 6.07 Å². The summed E-state index contributed by atoms with van der Waals surface area (Å²) in [5.41, 5.74) is 0.261. The normalized spacial score (nSPS) is 23.1. The van der Waals surface area contributed by atoms with Gasteiger partial charge < -0.3 is 14.9 Å². The molecule has 0 radical (unpaired) electrons. The van der Waals surface area contributed by atoms with Crippen molar-refractivity contribution >= 4 is 5.97 Å². The summed E-state index contributed by atoms with van der Waals surface area (Å²) in [5.74, 6) is -2.10. The lowest BCUT2D eigenvalue weighted by Gasteiger charge is -2.27. The van der Waals surface area contributed by atoms with Gasteiger partial charge in [-0.1, -0.05) is 13.3 Å². The van der Waals surface area contributed by atoms with Gasteiger partial charge in [-0.3, -0.25) is 0 Å². The predicted molar refractivity (Wildman–Crippen MR) is 58.0 cm³/mol. The summed E-state index contributed by atoms with van der Waals surface area (Å²) < 4.78 is 18.5. The van der Waals surface area contributed by atoms with Crippen LogP contribution in [0.4, 0.5) is 4.39 Å². The lowest BCUT2D eigenvalue weighted by atomic mass is 9.87. The Labute approximate surface area is 97.6 Å². The van der Waals surface area contributed by atoms with Gasteiger partial charge in [-0.05, 0) is 6.42 Å². The van der Waals surface area contributed by atoms with Gasteiger partial charge in [-0.15, -0.1) is 0 Å². The third kappa shape index (κ3) is 1.92. The Morgan fingerprint density at radius 1 is 1.41 bits per heavy atom. The molecule has 1 aliphatic heterocycles. The van der Waals surface area contributed by atoms with Gasteiger partial charge in [0.05, 0.1) is 0 Å². The van der Waals surface area contributed by atoms with E-state index in [0.717, 1.165) is 6.07 Å². The molecule has 5 heteroatoms. The Morgan fingerprint density at radius 2 is 2.12 bits per heavy atom. The summed E-state index contributed by atoms with van der Waals surface area (Å²) >= 11 is 0. The number of phenolic OH excluding ortho intramolecular Hbond substituents is 2. The van der Waals surface area contributed by atoms with Gasteiger partial charge in [0.2, 0.25) is 6.17 Å². The SMILES string of the molecule is CCCC1c2c(O)cc(O)cc2OC(=O)C1F. The molecule has 0 amide bonds. The van der Waals surface area contributed by atoms with Crippen LogP contribution in [0.3, 0.4) is 0 Å². The molecule has 0 spiro atoms. The van der Waals surface area contributed by atoms with Gasteiger partial charge in [0, 0.05) is 23.6 Å². The Morgan fingerprint density at radius 3 is 2.76 bits per heavy atom. The maximum Gasteiger partial charge on any atom is 0.346 e. The zero-order chi connectivity index (χ0) is 12.6. The van der Waals surface area contributed by atoms with Crippen LogP contribution >= 0.6 is 0 Å². The number of carbonyl (C=O) groups is 1. The fourth-order valence-electron chi connectivity index (χ4n) is 2.13. The highest BCUT2D eigenvalue weighted by molar-refractivity contribution is 5.82. The van der Waals surface area contributed by atoms with Crippen LogP contribution in [0.15, 0.2) is 12.1 Å². The third-order valence-electron chi connectivity index (χ3n) is 2.86. The summed E-state index contributed by atoms with van der Waals surface area (Å²) in [6.45, 7) is 1.86. The largest absolute Gasteiger partial charge is 0.508 e. The first-order valence-electron chi connectivity index (χ1n) is 5.46. The molecule has 0 bridgehead atoms.